The fourth-order valence-electron chi connectivity index (χ4n) is 3.18. The summed E-state index contributed by atoms with van der Waals surface area (Å²) < 4.78 is 10.9. The Morgan fingerprint density at radius 1 is 1.19 bits per heavy atom. The zero-order chi connectivity index (χ0) is 18.6. The summed E-state index contributed by atoms with van der Waals surface area (Å²) in [5.74, 6) is 0.506. The van der Waals surface area contributed by atoms with Crippen LogP contribution in [0.1, 0.15) is 43.0 Å². The molecule has 2 rings (SSSR count). The van der Waals surface area contributed by atoms with Crippen molar-refractivity contribution in [3.8, 4) is 0 Å². The summed E-state index contributed by atoms with van der Waals surface area (Å²) in [5.41, 5.74) is 0.710. The van der Waals surface area contributed by atoms with Crippen molar-refractivity contribution in [3.63, 3.8) is 0 Å². The number of hydrogen-bond acceptors (Lipinski definition) is 4. The van der Waals surface area contributed by atoms with E-state index in [1.807, 2.05) is 30.3 Å². The van der Waals surface area contributed by atoms with Gasteiger partial charge in [-0.3, -0.25) is 9.69 Å². The summed E-state index contributed by atoms with van der Waals surface area (Å²) in [4.78, 5) is 14.4. The molecule has 4 nitrogen and oxygen atoms in total. The van der Waals surface area contributed by atoms with Gasteiger partial charge in [0.15, 0.2) is 5.78 Å². The molecule has 1 aromatic carbocycles. The molecule has 1 aromatic rings. The largest absolute Gasteiger partial charge is 0.379 e. The molecule has 0 saturated carbocycles. The summed E-state index contributed by atoms with van der Waals surface area (Å²) in [6.45, 7) is 7.89. The van der Waals surface area contributed by atoms with Crippen LogP contribution < -0.4 is 0 Å². The molecule has 0 radical (unpaired) electrons. The Kier molecular flexibility index (Phi) is 13.0. The van der Waals surface area contributed by atoms with Crippen LogP contribution in [0.25, 0.3) is 0 Å². The lowest BCUT2D eigenvalue weighted by molar-refractivity contribution is 0.0370. The van der Waals surface area contributed by atoms with Crippen molar-refractivity contribution < 1.29 is 14.3 Å². The first-order valence-electron chi connectivity index (χ1n) is 9.77. The van der Waals surface area contributed by atoms with Gasteiger partial charge in [-0.25, -0.2) is 0 Å². The third kappa shape index (κ3) is 9.91. The van der Waals surface area contributed by atoms with Crippen molar-refractivity contribution in [3.05, 3.63) is 35.9 Å². The second-order valence-electron chi connectivity index (χ2n) is 7.07. The molecular weight excluding hydrogens is 385 g/mol. The number of halogens is 2. The van der Waals surface area contributed by atoms with E-state index < -0.39 is 0 Å². The van der Waals surface area contributed by atoms with Crippen LogP contribution in [0.4, 0.5) is 0 Å². The van der Waals surface area contributed by atoms with Crippen LogP contribution in [0.15, 0.2) is 30.3 Å². The Labute approximate surface area is 175 Å². The number of rotatable bonds is 12. The average Bonchev–Trinajstić information content (AvgIpc) is 2.68. The highest BCUT2D eigenvalue weighted by Gasteiger charge is 2.16. The fraction of sp³-hybridized carbons (Fsp3) is 0.667. The molecular formula is C21H33Cl2NO3. The van der Waals surface area contributed by atoms with Crippen molar-refractivity contribution in [1.82, 2.24) is 4.90 Å². The highest BCUT2D eigenvalue weighted by Crippen LogP contribution is 2.21. The lowest BCUT2D eigenvalue weighted by Crippen LogP contribution is -2.37. The van der Waals surface area contributed by atoms with E-state index in [-0.39, 0.29) is 30.2 Å². The molecule has 2 atom stereocenters. The van der Waals surface area contributed by atoms with E-state index in [1.54, 1.807) is 0 Å². The van der Waals surface area contributed by atoms with E-state index in [0.717, 1.165) is 58.5 Å². The first-order chi connectivity index (χ1) is 12.7. The summed E-state index contributed by atoms with van der Waals surface area (Å²) >= 11 is 6.55. The van der Waals surface area contributed by atoms with Gasteiger partial charge in [-0.1, -0.05) is 37.3 Å². The molecule has 1 aliphatic heterocycles. The van der Waals surface area contributed by atoms with E-state index in [9.17, 15) is 4.79 Å². The van der Waals surface area contributed by atoms with E-state index in [1.165, 1.54) is 0 Å². The summed E-state index contributed by atoms with van der Waals surface area (Å²) in [5, 5.41) is 0.210. The number of nitrogens with zero attached hydrogens (tertiary/aromatic N) is 1. The average molecular weight is 418 g/mol. The number of carbonyl (C=O) groups is 1. The quantitative estimate of drug-likeness (QED) is 0.286. The zero-order valence-electron chi connectivity index (χ0n) is 16.3. The molecule has 1 heterocycles. The van der Waals surface area contributed by atoms with E-state index in [0.29, 0.717) is 18.1 Å². The first-order valence-corrected chi connectivity index (χ1v) is 10.2. The Morgan fingerprint density at radius 3 is 2.59 bits per heavy atom. The zero-order valence-corrected chi connectivity index (χ0v) is 17.9. The van der Waals surface area contributed by atoms with Crippen LogP contribution in [-0.4, -0.2) is 62.1 Å². The Morgan fingerprint density at radius 2 is 1.89 bits per heavy atom. The number of ether oxygens (including phenoxy) is 2. The van der Waals surface area contributed by atoms with Crippen LogP contribution in [0.2, 0.25) is 0 Å². The smallest absolute Gasteiger partial charge is 0.188 e. The van der Waals surface area contributed by atoms with Gasteiger partial charge in [-0.05, 0) is 38.1 Å². The fourth-order valence-corrected chi connectivity index (χ4v) is 3.46. The monoisotopic (exact) mass is 417 g/mol. The molecule has 2 unspecified atom stereocenters. The van der Waals surface area contributed by atoms with Gasteiger partial charge in [0.2, 0.25) is 0 Å². The van der Waals surface area contributed by atoms with Crippen LogP contribution in [0.5, 0.6) is 0 Å². The maximum atomic E-state index is 11.9. The van der Waals surface area contributed by atoms with Gasteiger partial charge in [0, 0.05) is 30.6 Å². The van der Waals surface area contributed by atoms with Crippen molar-refractivity contribution in [2.45, 2.75) is 38.0 Å². The summed E-state index contributed by atoms with van der Waals surface area (Å²) in [7, 11) is 0. The van der Waals surface area contributed by atoms with E-state index >= 15 is 0 Å². The van der Waals surface area contributed by atoms with Crippen molar-refractivity contribution in [2.75, 3.05) is 46.1 Å². The molecule has 27 heavy (non-hydrogen) atoms. The third-order valence-corrected chi connectivity index (χ3v) is 5.60. The van der Waals surface area contributed by atoms with Gasteiger partial charge in [0.05, 0.1) is 13.2 Å². The number of carbonyl (C=O) groups excluding carboxylic acids is 1. The Bertz CT molecular complexity index is 509. The van der Waals surface area contributed by atoms with Gasteiger partial charge in [-0.15, -0.1) is 24.0 Å². The van der Waals surface area contributed by atoms with Crippen molar-refractivity contribution >= 4 is 29.8 Å². The topological polar surface area (TPSA) is 38.8 Å². The number of benzene rings is 1. The number of alkyl halides is 1. The molecule has 1 fully saturated rings. The minimum Gasteiger partial charge on any atom is -0.379 e. The number of morpholine rings is 1. The molecule has 0 spiro atoms. The molecule has 0 N–H and O–H groups in total. The number of hydrogen-bond donors (Lipinski definition) is 0. The normalized spacial score (nSPS) is 17.1. The minimum atomic E-state index is 0. The van der Waals surface area contributed by atoms with Crippen LogP contribution in [-0.2, 0) is 9.47 Å². The second-order valence-corrected chi connectivity index (χ2v) is 7.63. The number of Topliss-reactive ketones (excluding diaryl/α,β-unsaturated/α-hetero) is 1. The van der Waals surface area contributed by atoms with Gasteiger partial charge in [0.25, 0.3) is 0 Å². The molecule has 0 bridgehead atoms. The van der Waals surface area contributed by atoms with Gasteiger partial charge < -0.3 is 9.47 Å². The molecule has 0 amide bonds. The SMILES string of the molecule is CC(CCCOCC(=O)c1ccccc1)C(Cl)CCCN1CCOCC1.Cl. The van der Waals surface area contributed by atoms with Crippen LogP contribution in [0, 0.1) is 5.92 Å². The summed E-state index contributed by atoms with van der Waals surface area (Å²) in [6.07, 6.45) is 4.16. The van der Waals surface area contributed by atoms with Crippen molar-refractivity contribution in [2.24, 2.45) is 5.92 Å². The Balaban J connectivity index is 0.00000364. The van der Waals surface area contributed by atoms with E-state index in [4.69, 9.17) is 21.1 Å². The lowest BCUT2D eigenvalue weighted by Gasteiger charge is -2.27. The van der Waals surface area contributed by atoms with Gasteiger partial charge in [-0.2, -0.15) is 0 Å². The predicted octanol–water partition coefficient (Wildman–Crippen LogP) is 4.44. The highest BCUT2D eigenvalue weighted by molar-refractivity contribution is 6.20. The standard InChI is InChI=1S/C21H32ClNO3.ClH/c1-18(20(22)10-5-11-23-12-15-25-16-13-23)7-6-14-26-17-21(24)19-8-3-2-4-9-19;/h2-4,8-9,18,20H,5-7,10-17H2,1H3;1H. The molecule has 0 aromatic heterocycles. The predicted molar refractivity (Wildman–Crippen MR) is 113 cm³/mol. The summed E-state index contributed by atoms with van der Waals surface area (Å²) in [6, 6.07) is 9.29. The third-order valence-electron chi connectivity index (χ3n) is 4.95. The molecule has 0 aliphatic carbocycles. The number of ketones is 1. The lowest BCUT2D eigenvalue weighted by atomic mass is 9.98. The van der Waals surface area contributed by atoms with E-state index in [2.05, 4.69) is 11.8 Å². The van der Waals surface area contributed by atoms with Gasteiger partial charge >= 0.3 is 0 Å². The maximum absolute atomic E-state index is 11.9. The molecule has 154 valence electrons. The molecule has 6 heteroatoms. The van der Waals surface area contributed by atoms with Gasteiger partial charge in [0.1, 0.15) is 6.61 Å². The maximum Gasteiger partial charge on any atom is 0.188 e. The van der Waals surface area contributed by atoms with Crippen molar-refractivity contribution in [1.29, 1.82) is 0 Å². The molecule has 1 aliphatic rings. The highest BCUT2D eigenvalue weighted by atomic mass is 35.5. The first kappa shape index (κ1) is 24.4. The van der Waals surface area contributed by atoms with Crippen LogP contribution in [0.3, 0.4) is 0 Å². The minimum absolute atomic E-state index is 0. The Hall–Kier alpha value is -0.650. The van der Waals surface area contributed by atoms with Crippen LogP contribution >= 0.6 is 24.0 Å². The molecule has 1 saturated heterocycles. The second kappa shape index (κ2) is 14.4.